The molecule has 0 spiro atoms. The van der Waals surface area contributed by atoms with Gasteiger partial charge in [0.1, 0.15) is 0 Å². The summed E-state index contributed by atoms with van der Waals surface area (Å²) in [4.78, 5) is 13.3. The molecule has 0 radical (unpaired) electrons. The quantitative estimate of drug-likeness (QED) is 0.495. The van der Waals surface area contributed by atoms with Gasteiger partial charge in [-0.3, -0.25) is 4.79 Å². The van der Waals surface area contributed by atoms with E-state index in [1.807, 2.05) is 18.2 Å². The van der Waals surface area contributed by atoms with Crippen molar-refractivity contribution in [1.82, 2.24) is 4.57 Å². The van der Waals surface area contributed by atoms with Crippen LogP contribution in [0.5, 0.6) is 11.5 Å². The Morgan fingerprint density at radius 3 is 2.59 bits per heavy atom. The molecule has 3 aromatic rings. The van der Waals surface area contributed by atoms with Crippen molar-refractivity contribution in [1.29, 1.82) is 0 Å². The molecule has 2 heterocycles. The van der Waals surface area contributed by atoms with Crippen molar-refractivity contribution in [3.63, 3.8) is 0 Å². The van der Waals surface area contributed by atoms with Crippen LogP contribution in [0.15, 0.2) is 42.5 Å². The highest BCUT2D eigenvalue weighted by Gasteiger charge is 2.52. The smallest absolute Gasteiger partial charge is 0.396 e. The zero-order chi connectivity index (χ0) is 23.5. The second-order valence-corrected chi connectivity index (χ2v) is 9.56. The lowest BCUT2D eigenvalue weighted by molar-refractivity contribution is -0.286. The predicted molar refractivity (Wildman–Crippen MR) is 122 cm³/mol. The monoisotopic (exact) mass is 468 g/mol. The normalized spacial score (nSPS) is 19.7. The number of aliphatic hydroxyl groups is 1. The van der Waals surface area contributed by atoms with Gasteiger partial charge in [0, 0.05) is 35.4 Å². The van der Waals surface area contributed by atoms with Crippen LogP contribution in [0.25, 0.3) is 10.9 Å². The minimum absolute atomic E-state index is 0.0246. The lowest BCUT2D eigenvalue weighted by atomic mass is 9.83. The number of carbonyl (C=O) groups excluding carboxylic acids is 1. The average Bonchev–Trinajstić information content (AvgIpc) is 3.41. The number of aryl methyl sites for hydroxylation is 1. The standard InChI is InChI=1S/C26H26F2N2O4/c27-26(28)33-22-8-5-18(15-23(22)34-26)25(9-10-25)24(32)29-19-6-7-20-17(13-19)14-21(16-3-1-4-16)30(20)11-2-12-31/h5-8,13-16,31H,1-4,9-12H2,(H,29,32). The van der Waals surface area contributed by atoms with E-state index in [1.165, 1.54) is 37.1 Å². The van der Waals surface area contributed by atoms with E-state index < -0.39 is 11.7 Å². The van der Waals surface area contributed by atoms with E-state index in [4.69, 9.17) is 0 Å². The Hall–Kier alpha value is -3.13. The number of amides is 1. The van der Waals surface area contributed by atoms with Crippen molar-refractivity contribution in [2.24, 2.45) is 0 Å². The van der Waals surface area contributed by atoms with Crippen molar-refractivity contribution in [3.05, 3.63) is 53.7 Å². The van der Waals surface area contributed by atoms with Crippen LogP contribution in [0.1, 0.15) is 55.7 Å². The van der Waals surface area contributed by atoms with Crippen LogP contribution in [0.4, 0.5) is 14.5 Å². The maximum Gasteiger partial charge on any atom is 0.586 e. The number of carbonyl (C=O) groups is 1. The fourth-order valence-corrected chi connectivity index (χ4v) is 5.16. The number of hydrogen-bond donors (Lipinski definition) is 2. The molecule has 8 heteroatoms. The molecule has 1 aliphatic heterocycles. The van der Waals surface area contributed by atoms with Crippen LogP contribution in [0, 0.1) is 0 Å². The molecule has 1 aromatic heterocycles. The number of aromatic nitrogens is 1. The molecule has 0 saturated heterocycles. The number of nitrogens with zero attached hydrogens (tertiary/aromatic N) is 1. The first-order chi connectivity index (χ1) is 16.4. The van der Waals surface area contributed by atoms with Gasteiger partial charge in [0.25, 0.3) is 0 Å². The van der Waals surface area contributed by atoms with E-state index in [0.29, 0.717) is 36.4 Å². The molecule has 2 saturated carbocycles. The molecule has 0 bridgehead atoms. The lowest BCUT2D eigenvalue weighted by Gasteiger charge is -2.27. The van der Waals surface area contributed by atoms with E-state index in [0.717, 1.165) is 17.4 Å². The molecule has 34 heavy (non-hydrogen) atoms. The summed E-state index contributed by atoms with van der Waals surface area (Å²) >= 11 is 0. The molecular weight excluding hydrogens is 442 g/mol. The number of hydrogen-bond acceptors (Lipinski definition) is 4. The summed E-state index contributed by atoms with van der Waals surface area (Å²) in [6.07, 6.45) is 1.91. The topological polar surface area (TPSA) is 72.7 Å². The Labute approximate surface area is 195 Å². The summed E-state index contributed by atoms with van der Waals surface area (Å²) in [6.45, 7) is 0.918. The highest BCUT2D eigenvalue weighted by molar-refractivity contribution is 6.02. The van der Waals surface area contributed by atoms with Crippen LogP contribution < -0.4 is 14.8 Å². The Balaban J connectivity index is 1.25. The minimum Gasteiger partial charge on any atom is -0.396 e. The zero-order valence-corrected chi connectivity index (χ0v) is 18.7. The van der Waals surface area contributed by atoms with Gasteiger partial charge in [-0.05, 0) is 80.0 Å². The lowest BCUT2D eigenvalue weighted by Crippen LogP contribution is -2.27. The third kappa shape index (κ3) is 3.52. The molecule has 2 N–H and O–H groups in total. The highest BCUT2D eigenvalue weighted by Crippen LogP contribution is 2.52. The van der Waals surface area contributed by atoms with Gasteiger partial charge in [-0.2, -0.15) is 0 Å². The third-order valence-electron chi connectivity index (χ3n) is 7.39. The number of benzene rings is 2. The molecule has 2 fully saturated rings. The third-order valence-corrected chi connectivity index (χ3v) is 7.39. The maximum atomic E-state index is 13.4. The van der Waals surface area contributed by atoms with Crippen LogP contribution in [0.3, 0.4) is 0 Å². The number of nitrogens with one attached hydrogen (secondary N) is 1. The van der Waals surface area contributed by atoms with Crippen LogP contribution in [-0.4, -0.2) is 28.5 Å². The highest BCUT2D eigenvalue weighted by atomic mass is 19.3. The van der Waals surface area contributed by atoms with E-state index in [9.17, 15) is 18.7 Å². The second-order valence-electron chi connectivity index (χ2n) is 9.56. The fourth-order valence-electron chi connectivity index (χ4n) is 5.16. The Morgan fingerprint density at radius 1 is 1.09 bits per heavy atom. The summed E-state index contributed by atoms with van der Waals surface area (Å²) in [5.74, 6) is 0.327. The molecule has 1 amide bonds. The number of halogens is 2. The maximum absolute atomic E-state index is 13.4. The number of rotatable bonds is 7. The summed E-state index contributed by atoms with van der Waals surface area (Å²) in [5, 5.41) is 13.4. The van der Waals surface area contributed by atoms with Crippen LogP contribution in [0.2, 0.25) is 0 Å². The Bertz CT molecular complexity index is 1280. The van der Waals surface area contributed by atoms with Crippen molar-refractivity contribution in [2.75, 3.05) is 11.9 Å². The molecule has 6 nitrogen and oxygen atoms in total. The SMILES string of the molecule is O=C(Nc1ccc2c(c1)cc(C1CCC1)n2CCCO)C1(c2ccc3c(c2)OC(F)(F)O3)CC1. The minimum atomic E-state index is -3.68. The van der Waals surface area contributed by atoms with Crippen molar-refractivity contribution in [3.8, 4) is 11.5 Å². The van der Waals surface area contributed by atoms with Gasteiger partial charge >= 0.3 is 6.29 Å². The molecule has 0 unspecified atom stereocenters. The molecule has 2 aliphatic carbocycles. The number of alkyl halides is 2. The van der Waals surface area contributed by atoms with Crippen molar-refractivity contribution in [2.45, 2.75) is 62.7 Å². The number of anilines is 1. The van der Waals surface area contributed by atoms with Crippen LogP contribution in [-0.2, 0) is 16.8 Å². The van der Waals surface area contributed by atoms with Gasteiger partial charge in [-0.25, -0.2) is 0 Å². The van der Waals surface area contributed by atoms with Crippen molar-refractivity contribution < 1.29 is 28.2 Å². The van der Waals surface area contributed by atoms with Gasteiger partial charge in [0.05, 0.1) is 5.41 Å². The first-order valence-corrected chi connectivity index (χ1v) is 11.8. The molecule has 2 aromatic carbocycles. The number of fused-ring (bicyclic) bond motifs is 2. The summed E-state index contributed by atoms with van der Waals surface area (Å²) in [6, 6.07) is 12.7. The Kier molecular flexibility index (Phi) is 4.85. The molecular formula is C26H26F2N2O4. The van der Waals surface area contributed by atoms with E-state index in [-0.39, 0.29) is 24.0 Å². The molecule has 178 valence electrons. The van der Waals surface area contributed by atoms with Gasteiger partial charge in [0.15, 0.2) is 11.5 Å². The first kappa shape index (κ1) is 21.4. The number of aliphatic hydroxyl groups excluding tert-OH is 1. The molecule has 3 aliphatic rings. The summed E-state index contributed by atoms with van der Waals surface area (Å²) in [7, 11) is 0. The van der Waals surface area contributed by atoms with Gasteiger partial charge in [0.2, 0.25) is 5.91 Å². The summed E-state index contributed by atoms with van der Waals surface area (Å²) in [5.41, 5.74) is 3.00. The fraction of sp³-hybridized carbons (Fsp3) is 0.423. The largest absolute Gasteiger partial charge is 0.586 e. The van der Waals surface area contributed by atoms with Crippen molar-refractivity contribution >= 4 is 22.5 Å². The number of ether oxygens (including phenoxy) is 2. The summed E-state index contributed by atoms with van der Waals surface area (Å²) < 4.78 is 38.1. The predicted octanol–water partition coefficient (Wildman–Crippen LogP) is 5.28. The Morgan fingerprint density at radius 2 is 1.88 bits per heavy atom. The van der Waals surface area contributed by atoms with Gasteiger partial charge in [-0.1, -0.05) is 12.5 Å². The van der Waals surface area contributed by atoms with Gasteiger partial charge < -0.3 is 24.5 Å². The first-order valence-electron chi connectivity index (χ1n) is 11.8. The second kappa shape index (κ2) is 7.70. The zero-order valence-electron chi connectivity index (χ0n) is 18.7. The van der Waals surface area contributed by atoms with E-state index in [2.05, 4.69) is 25.4 Å². The molecule has 6 rings (SSSR count). The van der Waals surface area contributed by atoms with Crippen LogP contribution >= 0.6 is 0 Å². The van der Waals surface area contributed by atoms with E-state index in [1.54, 1.807) is 6.07 Å². The van der Waals surface area contributed by atoms with E-state index >= 15 is 0 Å². The molecule has 0 atom stereocenters. The average molecular weight is 469 g/mol. The van der Waals surface area contributed by atoms with Gasteiger partial charge in [-0.15, -0.1) is 8.78 Å².